The van der Waals surface area contributed by atoms with Crippen LogP contribution in [0.4, 0.5) is 5.69 Å². The zero-order valence-corrected chi connectivity index (χ0v) is 32.1. The maximum Gasteiger partial charge on any atom is 0.344 e. The van der Waals surface area contributed by atoms with Gasteiger partial charge < -0.3 is 33.9 Å². The van der Waals surface area contributed by atoms with E-state index in [1.54, 1.807) is 7.11 Å². The van der Waals surface area contributed by atoms with Crippen LogP contribution in [0.2, 0.25) is 0 Å². The van der Waals surface area contributed by atoms with Crippen LogP contribution < -0.4 is 9.64 Å². The topological polar surface area (TPSA) is 134 Å². The van der Waals surface area contributed by atoms with Crippen molar-refractivity contribution in [1.82, 2.24) is 14.8 Å². The van der Waals surface area contributed by atoms with Gasteiger partial charge in [-0.05, 0) is 68.6 Å². The van der Waals surface area contributed by atoms with Crippen LogP contribution in [0.5, 0.6) is 5.75 Å². The van der Waals surface area contributed by atoms with Crippen LogP contribution in [0, 0.1) is 5.41 Å². The van der Waals surface area contributed by atoms with Gasteiger partial charge >= 0.3 is 17.9 Å². The molecule has 0 radical (unpaired) electrons. The number of aliphatic hydroxyl groups is 1. The van der Waals surface area contributed by atoms with Crippen molar-refractivity contribution in [2.45, 2.75) is 87.6 Å². The Hall–Kier alpha value is -4.39. The molecule has 1 aromatic heterocycles. The number of piperidine rings is 1. The normalized spacial score (nSPS) is 30.7. The second-order valence-electron chi connectivity index (χ2n) is 15.8. The number of aromatic amines is 1. The van der Waals surface area contributed by atoms with E-state index in [1.165, 1.54) is 27.6 Å². The van der Waals surface area contributed by atoms with Crippen LogP contribution in [-0.4, -0.2) is 116 Å². The third kappa shape index (κ3) is 4.95. The smallest absolute Gasteiger partial charge is 0.344 e. The minimum absolute atomic E-state index is 0.261. The van der Waals surface area contributed by atoms with Crippen molar-refractivity contribution in [3.8, 4) is 5.75 Å². The summed E-state index contributed by atoms with van der Waals surface area (Å²) in [7, 11) is 6.12. The molecule has 0 bridgehead atoms. The Morgan fingerprint density at radius 2 is 1.78 bits per heavy atom. The molecule has 1 saturated carbocycles. The molecule has 1 spiro atoms. The number of aromatic nitrogens is 1. The molecule has 2 N–H and O–H groups in total. The third-order valence-corrected chi connectivity index (χ3v) is 13.5. The highest BCUT2D eigenvalue weighted by Crippen LogP contribution is 2.68. The number of nitrogens with zero attached hydrogens (tertiary/aromatic N) is 3. The predicted molar refractivity (Wildman–Crippen MR) is 203 cm³/mol. The number of likely N-dealkylation sites (N-methyl/N-ethyl adjacent to an activating group) is 1. The van der Waals surface area contributed by atoms with Gasteiger partial charge in [0, 0.05) is 77.8 Å². The highest BCUT2D eigenvalue weighted by atomic mass is 16.6. The number of hydrogen-bond acceptors (Lipinski definition) is 11. The van der Waals surface area contributed by atoms with Crippen LogP contribution in [-0.2, 0) is 40.6 Å². The molecule has 1 unspecified atom stereocenters. The molecule has 3 aromatic rings. The highest BCUT2D eigenvalue weighted by molar-refractivity contribution is 5.92. The molecule has 3 fully saturated rings. The number of rotatable bonds is 9. The molecular weight excluding hydrogens is 688 g/mol. The van der Waals surface area contributed by atoms with Crippen LogP contribution in [0.15, 0.2) is 48.6 Å². The maximum absolute atomic E-state index is 14.3. The number of methoxy groups -OCH3 is 3. The SMILES string of the molecule is CC[C@]12C=CCN3CC[C@@]4(c5cc(C(C(=O)OC)c6[nH]c7ccccc7c6CN6CCCCC6)c(OC)cc5N(C)[C@H]4[C@@](O)(C(=O)OC)[C@@H]1OC(C)=O)[C@@H]32. The van der Waals surface area contributed by atoms with Gasteiger partial charge in [0.1, 0.15) is 11.7 Å². The van der Waals surface area contributed by atoms with Gasteiger partial charge in [-0.1, -0.05) is 43.7 Å². The van der Waals surface area contributed by atoms with E-state index in [-0.39, 0.29) is 6.04 Å². The Kier molecular flexibility index (Phi) is 9.09. The van der Waals surface area contributed by atoms with Crippen molar-refractivity contribution < 1.29 is 38.4 Å². The Morgan fingerprint density at radius 1 is 1.02 bits per heavy atom. The number of carbonyl (C=O) groups excluding carboxylic acids is 3. The number of H-pyrrole nitrogens is 1. The number of ether oxygens (including phenoxy) is 4. The average Bonchev–Trinajstić information content (AvgIpc) is 3.83. The summed E-state index contributed by atoms with van der Waals surface area (Å²) >= 11 is 0. The second kappa shape index (κ2) is 13.4. The number of carbonyl (C=O) groups is 3. The lowest BCUT2D eigenvalue weighted by Gasteiger charge is -2.63. The first kappa shape index (κ1) is 36.6. The van der Waals surface area contributed by atoms with Crippen molar-refractivity contribution in [3.05, 3.63) is 70.9 Å². The molecule has 2 aromatic carbocycles. The zero-order chi connectivity index (χ0) is 38.2. The van der Waals surface area contributed by atoms with Gasteiger partial charge in [-0.15, -0.1) is 0 Å². The molecule has 5 aliphatic rings. The van der Waals surface area contributed by atoms with Crippen LogP contribution >= 0.6 is 0 Å². The quantitative estimate of drug-likeness (QED) is 0.184. The number of benzene rings is 2. The Bertz CT molecular complexity index is 2020. The lowest BCUT2D eigenvalue weighted by atomic mass is 9.47. The summed E-state index contributed by atoms with van der Waals surface area (Å²) in [6.07, 6.45) is 7.45. The fraction of sp³-hybridized carbons (Fsp3) is 0.548. The minimum atomic E-state index is -2.26. The number of fused-ring (bicyclic) bond motifs is 2. The van der Waals surface area contributed by atoms with Crippen molar-refractivity contribution in [2.24, 2.45) is 5.41 Å². The molecular formula is C42H52N4O8. The number of hydrogen-bond donors (Lipinski definition) is 2. The van der Waals surface area contributed by atoms with E-state index in [2.05, 4.69) is 39.1 Å². The predicted octanol–water partition coefficient (Wildman–Crippen LogP) is 4.41. The molecule has 5 heterocycles. The van der Waals surface area contributed by atoms with E-state index in [1.807, 2.05) is 43.1 Å². The van der Waals surface area contributed by atoms with E-state index >= 15 is 0 Å². The van der Waals surface area contributed by atoms with Gasteiger partial charge in [-0.25, -0.2) is 4.79 Å². The molecule has 12 heteroatoms. The van der Waals surface area contributed by atoms with Crippen LogP contribution in [0.1, 0.15) is 74.3 Å². The van der Waals surface area contributed by atoms with E-state index in [9.17, 15) is 19.5 Å². The monoisotopic (exact) mass is 740 g/mol. The van der Waals surface area contributed by atoms with Gasteiger partial charge in [0.05, 0.1) is 27.4 Å². The van der Waals surface area contributed by atoms with Crippen molar-refractivity contribution >= 4 is 34.5 Å². The van der Waals surface area contributed by atoms with Gasteiger partial charge in [-0.2, -0.15) is 0 Å². The van der Waals surface area contributed by atoms with E-state index in [0.29, 0.717) is 43.8 Å². The third-order valence-electron chi connectivity index (χ3n) is 13.5. The molecule has 8 rings (SSSR count). The van der Waals surface area contributed by atoms with Crippen LogP contribution in [0.3, 0.4) is 0 Å². The number of anilines is 1. The lowest BCUT2D eigenvalue weighted by molar-refractivity contribution is -0.228. The number of nitrogens with one attached hydrogen (secondary N) is 1. The Balaban J connectivity index is 1.38. The lowest BCUT2D eigenvalue weighted by Crippen LogP contribution is -2.81. The zero-order valence-electron chi connectivity index (χ0n) is 32.1. The molecule has 7 atom stereocenters. The molecule has 4 aliphatic heterocycles. The molecule has 288 valence electrons. The molecule has 1 aliphatic carbocycles. The van der Waals surface area contributed by atoms with Gasteiger partial charge in [-0.3, -0.25) is 19.4 Å². The van der Waals surface area contributed by atoms with Crippen molar-refractivity contribution in [2.75, 3.05) is 59.5 Å². The molecule has 0 amide bonds. The summed E-state index contributed by atoms with van der Waals surface area (Å²) in [6, 6.07) is 11.0. The first-order chi connectivity index (χ1) is 26.0. The Morgan fingerprint density at radius 3 is 2.46 bits per heavy atom. The Labute approximate surface area is 316 Å². The van der Waals surface area contributed by atoms with Gasteiger partial charge in [0.15, 0.2) is 6.10 Å². The van der Waals surface area contributed by atoms with E-state index in [4.69, 9.17) is 18.9 Å². The summed E-state index contributed by atoms with van der Waals surface area (Å²) in [5.41, 5.74) is 1.00. The number of likely N-dealkylation sites (tertiary alicyclic amines) is 1. The summed E-state index contributed by atoms with van der Waals surface area (Å²) in [4.78, 5) is 51.8. The maximum atomic E-state index is 14.3. The van der Waals surface area contributed by atoms with Crippen molar-refractivity contribution in [1.29, 1.82) is 0 Å². The van der Waals surface area contributed by atoms with Crippen molar-refractivity contribution in [3.63, 3.8) is 0 Å². The van der Waals surface area contributed by atoms with Crippen LogP contribution in [0.25, 0.3) is 10.9 Å². The standard InChI is InChI=1S/C42H52N4O8/c1-7-40-16-13-20-46-21-17-41(36(40)46)29-22-27(32(51-4)23-31(29)44(3)37(41)42(50,39(49)53-6)38(40)54-25(2)47)33(35(48)52-5)34-28(24-45-18-11-8-12-19-45)26-14-9-10-15-30(26)43-34/h9-10,13-16,22-23,33,36-38,43,50H,7-8,11-12,17-21,24H2,1-6H3/t33?,36-,37+,38+,40+,41+,42-/m0/s1. The molecule has 54 heavy (non-hydrogen) atoms. The fourth-order valence-corrected chi connectivity index (χ4v) is 11.5. The largest absolute Gasteiger partial charge is 0.496 e. The average molecular weight is 741 g/mol. The first-order valence-corrected chi connectivity index (χ1v) is 19.3. The highest BCUT2D eigenvalue weighted by Gasteiger charge is 2.80. The molecule has 12 nitrogen and oxygen atoms in total. The fourth-order valence-electron chi connectivity index (χ4n) is 11.5. The number of para-hydroxylation sites is 1. The summed E-state index contributed by atoms with van der Waals surface area (Å²) in [5.74, 6) is -2.28. The first-order valence-electron chi connectivity index (χ1n) is 19.3. The van der Waals surface area contributed by atoms with E-state index in [0.717, 1.165) is 59.3 Å². The second-order valence-corrected chi connectivity index (χ2v) is 15.8. The number of esters is 3. The summed E-state index contributed by atoms with van der Waals surface area (Å²) in [6.45, 7) is 7.34. The summed E-state index contributed by atoms with van der Waals surface area (Å²) < 4.78 is 23.3. The molecule has 2 saturated heterocycles. The minimum Gasteiger partial charge on any atom is -0.496 e. The summed E-state index contributed by atoms with van der Waals surface area (Å²) in [5, 5.41) is 14.2. The van der Waals surface area contributed by atoms with E-state index < -0.39 is 52.4 Å². The van der Waals surface area contributed by atoms with Gasteiger partial charge in [0.25, 0.3) is 0 Å². The van der Waals surface area contributed by atoms with Gasteiger partial charge in [0.2, 0.25) is 5.60 Å².